The van der Waals surface area contributed by atoms with E-state index in [4.69, 9.17) is 0 Å². The van der Waals surface area contributed by atoms with Gasteiger partial charge in [0, 0.05) is 15.6 Å². The lowest BCUT2D eigenvalue weighted by Crippen LogP contribution is -2.16. The fraction of sp³-hybridized carbons (Fsp3) is 0.0833. The van der Waals surface area contributed by atoms with E-state index in [1.165, 1.54) is 23.9 Å². The molecule has 2 aromatic rings. The van der Waals surface area contributed by atoms with Crippen LogP contribution >= 0.6 is 27.7 Å². The van der Waals surface area contributed by atoms with Crippen LogP contribution in [0.2, 0.25) is 0 Å². The van der Waals surface area contributed by atoms with Crippen LogP contribution in [0.15, 0.2) is 57.0 Å². The fourth-order valence-corrected chi connectivity index (χ4v) is 2.24. The zero-order chi connectivity index (χ0) is 13.9. The summed E-state index contributed by atoms with van der Waals surface area (Å²) < 4.78 is 40.6. The number of hydrogen-bond acceptors (Lipinski definition) is 3. The van der Waals surface area contributed by atoms with Gasteiger partial charge in [-0.3, -0.25) is 0 Å². The second-order valence-corrected chi connectivity index (χ2v) is 5.45. The van der Waals surface area contributed by atoms with Crippen molar-refractivity contribution in [3.63, 3.8) is 0 Å². The number of halogens is 4. The monoisotopic (exact) mass is 349 g/mol. The van der Waals surface area contributed by atoms with Crippen molar-refractivity contribution in [1.29, 1.82) is 0 Å². The van der Waals surface area contributed by atoms with Gasteiger partial charge >= 0.3 is 6.36 Å². The van der Waals surface area contributed by atoms with Gasteiger partial charge in [-0.05, 0) is 52.3 Å². The maximum absolute atomic E-state index is 12.0. The predicted octanol–water partition coefficient (Wildman–Crippen LogP) is 4.89. The minimum Gasteiger partial charge on any atom is -0.406 e. The van der Waals surface area contributed by atoms with Crippen LogP contribution in [-0.2, 0) is 0 Å². The Labute approximate surface area is 120 Å². The van der Waals surface area contributed by atoms with Gasteiger partial charge < -0.3 is 4.74 Å². The quantitative estimate of drug-likeness (QED) is 0.787. The minimum absolute atomic E-state index is 0.236. The Morgan fingerprint density at radius 1 is 1.05 bits per heavy atom. The van der Waals surface area contributed by atoms with Crippen LogP contribution in [0.25, 0.3) is 0 Å². The van der Waals surface area contributed by atoms with Crippen molar-refractivity contribution in [2.75, 3.05) is 0 Å². The Kier molecular flexibility index (Phi) is 4.36. The van der Waals surface area contributed by atoms with Crippen LogP contribution in [0.1, 0.15) is 0 Å². The molecule has 1 aromatic heterocycles. The molecule has 0 aliphatic heterocycles. The number of nitrogens with zero attached hydrogens (tertiary/aromatic N) is 1. The molecule has 0 aliphatic carbocycles. The van der Waals surface area contributed by atoms with Crippen LogP contribution in [0.5, 0.6) is 5.75 Å². The number of alkyl halides is 3. The van der Waals surface area contributed by atoms with Crippen LogP contribution in [0, 0.1) is 0 Å². The Bertz CT molecular complexity index is 542. The highest BCUT2D eigenvalue weighted by molar-refractivity contribution is 9.10. The van der Waals surface area contributed by atoms with Crippen molar-refractivity contribution < 1.29 is 17.9 Å². The maximum Gasteiger partial charge on any atom is 0.573 e. The van der Waals surface area contributed by atoms with Gasteiger partial charge in [0.05, 0.1) is 0 Å². The number of pyridine rings is 1. The molecule has 1 aromatic carbocycles. The summed E-state index contributed by atoms with van der Waals surface area (Å²) in [6.45, 7) is 0. The van der Waals surface area contributed by atoms with Crippen molar-refractivity contribution in [1.82, 2.24) is 4.98 Å². The molecule has 2 nitrogen and oxygen atoms in total. The molecule has 0 bridgehead atoms. The van der Waals surface area contributed by atoms with Crippen molar-refractivity contribution in [2.24, 2.45) is 0 Å². The minimum atomic E-state index is -4.66. The molecule has 2 rings (SSSR count). The van der Waals surface area contributed by atoms with Gasteiger partial charge in [0.2, 0.25) is 0 Å². The third kappa shape index (κ3) is 4.76. The average Bonchev–Trinajstić information content (AvgIpc) is 2.33. The molecule has 0 fully saturated rings. The van der Waals surface area contributed by atoms with Gasteiger partial charge in [-0.2, -0.15) is 0 Å². The largest absolute Gasteiger partial charge is 0.573 e. The van der Waals surface area contributed by atoms with Gasteiger partial charge in [0.15, 0.2) is 0 Å². The van der Waals surface area contributed by atoms with Gasteiger partial charge in [0.1, 0.15) is 10.8 Å². The molecule has 0 saturated carbocycles. The van der Waals surface area contributed by atoms with Gasteiger partial charge in [0.25, 0.3) is 0 Å². The number of aromatic nitrogens is 1. The van der Waals surface area contributed by atoms with E-state index in [0.717, 1.165) is 14.4 Å². The summed E-state index contributed by atoms with van der Waals surface area (Å²) >= 11 is 4.63. The van der Waals surface area contributed by atoms with E-state index in [-0.39, 0.29) is 5.75 Å². The highest BCUT2D eigenvalue weighted by atomic mass is 79.9. The number of rotatable bonds is 3. The smallest absolute Gasteiger partial charge is 0.406 e. The second-order valence-electron chi connectivity index (χ2n) is 3.44. The van der Waals surface area contributed by atoms with Crippen molar-refractivity contribution in [3.05, 3.63) is 47.1 Å². The lowest BCUT2D eigenvalue weighted by atomic mass is 10.3. The number of benzene rings is 1. The molecule has 7 heteroatoms. The predicted molar refractivity (Wildman–Crippen MR) is 69.2 cm³/mol. The molecule has 0 aliphatic rings. The summed E-state index contributed by atoms with van der Waals surface area (Å²) in [6.07, 6.45) is -3.01. The third-order valence-electron chi connectivity index (χ3n) is 1.98. The molecule has 0 spiro atoms. The van der Waals surface area contributed by atoms with E-state index in [1.807, 2.05) is 12.1 Å². The van der Waals surface area contributed by atoms with Crippen LogP contribution in [-0.4, -0.2) is 11.3 Å². The van der Waals surface area contributed by atoms with E-state index in [0.29, 0.717) is 0 Å². The highest BCUT2D eigenvalue weighted by Gasteiger charge is 2.30. The summed E-state index contributed by atoms with van der Waals surface area (Å²) in [5, 5.41) is 0.757. The van der Waals surface area contributed by atoms with Gasteiger partial charge in [-0.25, -0.2) is 4.98 Å². The maximum atomic E-state index is 12.0. The molecule has 100 valence electrons. The average molecular weight is 350 g/mol. The number of hydrogen-bond donors (Lipinski definition) is 0. The zero-order valence-electron chi connectivity index (χ0n) is 9.32. The molecular formula is C12H7BrF3NOS. The molecule has 0 radical (unpaired) electrons. The molecular weight excluding hydrogens is 343 g/mol. The highest BCUT2D eigenvalue weighted by Crippen LogP contribution is 2.29. The molecule has 0 amide bonds. The first-order chi connectivity index (χ1) is 8.92. The first-order valence-corrected chi connectivity index (χ1v) is 6.68. The Balaban J connectivity index is 2.04. The van der Waals surface area contributed by atoms with Gasteiger partial charge in [-0.15, -0.1) is 13.2 Å². The van der Waals surface area contributed by atoms with Crippen LogP contribution < -0.4 is 4.74 Å². The molecule has 0 unspecified atom stereocenters. The van der Waals surface area contributed by atoms with E-state index in [2.05, 4.69) is 25.7 Å². The summed E-state index contributed by atoms with van der Waals surface area (Å²) in [7, 11) is 0. The summed E-state index contributed by atoms with van der Waals surface area (Å²) in [6, 6.07) is 9.31. The lowest BCUT2D eigenvalue weighted by molar-refractivity contribution is -0.274. The first kappa shape index (κ1) is 14.2. The SMILES string of the molecule is FC(F)(F)Oc1ccc(Sc2ccc(Br)cn2)cc1. The lowest BCUT2D eigenvalue weighted by Gasteiger charge is -2.09. The normalized spacial score (nSPS) is 11.4. The first-order valence-electron chi connectivity index (χ1n) is 5.07. The second kappa shape index (κ2) is 5.83. The standard InChI is InChI=1S/C12H7BrF3NOS/c13-8-1-6-11(17-7-8)19-10-4-2-9(3-5-10)18-12(14,15)16/h1-7H. The van der Waals surface area contributed by atoms with Gasteiger partial charge in [-0.1, -0.05) is 11.8 Å². The topological polar surface area (TPSA) is 22.1 Å². The summed E-state index contributed by atoms with van der Waals surface area (Å²) in [5.41, 5.74) is 0. The van der Waals surface area contributed by atoms with Crippen molar-refractivity contribution in [3.8, 4) is 5.75 Å². The Morgan fingerprint density at radius 3 is 2.26 bits per heavy atom. The Morgan fingerprint density at radius 2 is 1.74 bits per heavy atom. The van der Waals surface area contributed by atoms with E-state index in [1.54, 1.807) is 18.3 Å². The molecule has 0 saturated heterocycles. The number of ether oxygens (including phenoxy) is 1. The molecule has 19 heavy (non-hydrogen) atoms. The molecule has 0 N–H and O–H groups in total. The van der Waals surface area contributed by atoms with E-state index in [9.17, 15) is 13.2 Å². The van der Waals surface area contributed by atoms with E-state index >= 15 is 0 Å². The summed E-state index contributed by atoms with van der Waals surface area (Å²) in [4.78, 5) is 4.94. The third-order valence-corrected chi connectivity index (χ3v) is 3.41. The fourth-order valence-electron chi connectivity index (χ4n) is 1.25. The van der Waals surface area contributed by atoms with Crippen molar-refractivity contribution in [2.45, 2.75) is 16.3 Å². The zero-order valence-corrected chi connectivity index (χ0v) is 11.7. The molecule has 0 atom stereocenters. The molecule has 1 heterocycles. The van der Waals surface area contributed by atoms with Crippen LogP contribution in [0.4, 0.5) is 13.2 Å². The summed E-state index contributed by atoms with van der Waals surface area (Å²) in [5.74, 6) is -0.236. The van der Waals surface area contributed by atoms with Crippen LogP contribution in [0.3, 0.4) is 0 Å². The Hall–Kier alpha value is -1.21. The van der Waals surface area contributed by atoms with Crippen molar-refractivity contribution >= 4 is 27.7 Å². The van der Waals surface area contributed by atoms with E-state index < -0.39 is 6.36 Å².